The van der Waals surface area contributed by atoms with E-state index in [0.717, 1.165) is 19.3 Å². The number of esters is 3. The molecule has 3 fully saturated rings. The van der Waals surface area contributed by atoms with Crippen LogP contribution < -0.4 is 0 Å². The van der Waals surface area contributed by atoms with Crippen LogP contribution in [0.15, 0.2) is 34.7 Å². The van der Waals surface area contributed by atoms with Crippen LogP contribution in [-0.2, 0) is 28.6 Å². The molecule has 6 atom stereocenters. The van der Waals surface area contributed by atoms with Crippen molar-refractivity contribution >= 4 is 17.9 Å². The van der Waals surface area contributed by atoms with E-state index in [4.69, 9.17) is 18.6 Å². The summed E-state index contributed by atoms with van der Waals surface area (Å²) in [5.74, 6) is -1.20. The highest BCUT2D eigenvalue weighted by molar-refractivity contribution is 5.92. The summed E-state index contributed by atoms with van der Waals surface area (Å²) in [6.45, 7) is 3.69. The van der Waals surface area contributed by atoms with Gasteiger partial charge >= 0.3 is 17.9 Å². The van der Waals surface area contributed by atoms with E-state index < -0.39 is 29.6 Å². The molecule has 0 radical (unpaired) electrons. The summed E-state index contributed by atoms with van der Waals surface area (Å²) in [7, 11) is 0. The van der Waals surface area contributed by atoms with E-state index in [9.17, 15) is 14.4 Å². The Morgan fingerprint density at radius 2 is 2.10 bits per heavy atom. The minimum absolute atomic E-state index is 0.0354. The van der Waals surface area contributed by atoms with Crippen LogP contribution in [0, 0.1) is 22.7 Å². The molecule has 1 aromatic heterocycles. The van der Waals surface area contributed by atoms with Crippen molar-refractivity contribution in [1.29, 1.82) is 0 Å². The predicted molar refractivity (Wildman–Crippen MR) is 98.1 cm³/mol. The van der Waals surface area contributed by atoms with E-state index in [1.54, 1.807) is 6.07 Å². The van der Waals surface area contributed by atoms with Gasteiger partial charge in [0.25, 0.3) is 0 Å². The Morgan fingerprint density at radius 1 is 1.28 bits per heavy atom. The third kappa shape index (κ3) is 2.39. The van der Waals surface area contributed by atoms with Crippen molar-refractivity contribution in [2.75, 3.05) is 6.61 Å². The van der Waals surface area contributed by atoms with Gasteiger partial charge in [0.05, 0.1) is 25.1 Å². The highest BCUT2D eigenvalue weighted by atomic mass is 16.6. The van der Waals surface area contributed by atoms with Gasteiger partial charge in [-0.05, 0) is 31.2 Å². The minimum atomic E-state index is -0.784. The van der Waals surface area contributed by atoms with Crippen LogP contribution in [0.2, 0.25) is 0 Å². The lowest BCUT2D eigenvalue weighted by atomic mass is 9.46. The largest absolute Gasteiger partial charge is 0.472 e. The van der Waals surface area contributed by atoms with Crippen LogP contribution in [0.3, 0.4) is 0 Å². The number of ether oxygens (including phenoxy) is 3. The predicted octanol–water partition coefficient (Wildman–Crippen LogP) is 3.11. The van der Waals surface area contributed by atoms with Gasteiger partial charge in [0, 0.05) is 28.9 Å². The first-order valence-electron chi connectivity index (χ1n) is 10.2. The molecule has 154 valence electrons. The first kappa shape index (κ1) is 18.5. The van der Waals surface area contributed by atoms with E-state index in [-0.39, 0.29) is 23.2 Å². The zero-order chi connectivity index (χ0) is 20.4. The van der Waals surface area contributed by atoms with Crippen molar-refractivity contribution in [2.45, 2.75) is 51.7 Å². The fourth-order valence-electron chi connectivity index (χ4n) is 6.40. The van der Waals surface area contributed by atoms with Gasteiger partial charge in [-0.2, -0.15) is 0 Å². The number of carbonyl (C=O) groups excluding carboxylic acids is 3. The Hall–Kier alpha value is -2.57. The lowest BCUT2D eigenvalue weighted by Crippen LogP contribution is -2.61. The first-order chi connectivity index (χ1) is 13.9. The average Bonchev–Trinajstić information content (AvgIpc) is 3.32. The van der Waals surface area contributed by atoms with Crippen molar-refractivity contribution < 1.29 is 33.0 Å². The normalized spacial score (nSPS) is 40.7. The van der Waals surface area contributed by atoms with Crippen molar-refractivity contribution in [3.63, 3.8) is 0 Å². The summed E-state index contributed by atoms with van der Waals surface area (Å²) in [4.78, 5) is 37.6. The quantitative estimate of drug-likeness (QED) is 0.556. The summed E-state index contributed by atoms with van der Waals surface area (Å²) >= 11 is 0. The minimum Gasteiger partial charge on any atom is -0.472 e. The van der Waals surface area contributed by atoms with Gasteiger partial charge in [-0.15, -0.1) is 0 Å². The van der Waals surface area contributed by atoms with Crippen molar-refractivity contribution in [2.24, 2.45) is 22.7 Å². The third-order valence-corrected chi connectivity index (χ3v) is 7.62. The van der Waals surface area contributed by atoms with Gasteiger partial charge in [0.2, 0.25) is 0 Å². The van der Waals surface area contributed by atoms with Crippen LogP contribution >= 0.6 is 0 Å². The summed E-state index contributed by atoms with van der Waals surface area (Å²) in [6.07, 6.45) is 6.53. The number of allylic oxidation sites excluding steroid dienone is 1. The Labute approximate surface area is 168 Å². The molecule has 0 N–H and O–H groups in total. The van der Waals surface area contributed by atoms with Crippen molar-refractivity contribution in [1.82, 2.24) is 0 Å². The van der Waals surface area contributed by atoms with Crippen LogP contribution in [-0.4, -0.2) is 30.6 Å². The average molecular weight is 400 g/mol. The van der Waals surface area contributed by atoms with E-state index in [0.29, 0.717) is 24.2 Å². The highest BCUT2D eigenvalue weighted by Crippen LogP contribution is 2.66. The first-order valence-corrected chi connectivity index (χ1v) is 10.2. The van der Waals surface area contributed by atoms with Gasteiger partial charge in [0.1, 0.15) is 0 Å². The molecule has 3 heterocycles. The molecule has 7 heteroatoms. The number of hydrogen-bond acceptors (Lipinski definition) is 7. The zero-order valence-corrected chi connectivity index (χ0v) is 16.5. The Bertz CT molecular complexity index is 900. The second-order valence-corrected chi connectivity index (χ2v) is 8.89. The molecule has 0 bridgehead atoms. The van der Waals surface area contributed by atoms with Crippen molar-refractivity contribution in [3.05, 3.63) is 35.8 Å². The lowest BCUT2D eigenvalue weighted by molar-refractivity contribution is -0.202. The van der Waals surface area contributed by atoms with Gasteiger partial charge in [-0.3, -0.25) is 9.59 Å². The molecule has 1 saturated carbocycles. The summed E-state index contributed by atoms with van der Waals surface area (Å²) < 4.78 is 22.3. The molecule has 7 nitrogen and oxygen atoms in total. The number of carbonyl (C=O) groups is 3. The molecule has 1 aromatic rings. The number of hydrogen-bond donors (Lipinski definition) is 0. The molecule has 5 rings (SSSR count). The topological polar surface area (TPSA) is 92.0 Å². The van der Waals surface area contributed by atoms with Crippen LogP contribution in [0.5, 0.6) is 0 Å². The molecule has 4 aliphatic rings. The maximum absolute atomic E-state index is 13.0. The third-order valence-electron chi connectivity index (χ3n) is 7.62. The molecule has 2 saturated heterocycles. The Balaban J connectivity index is 1.67. The molecular formula is C22H24O7. The second-order valence-electron chi connectivity index (χ2n) is 8.89. The molecule has 6 unspecified atom stereocenters. The second kappa shape index (κ2) is 6.21. The van der Waals surface area contributed by atoms with Crippen LogP contribution in [0.4, 0.5) is 0 Å². The smallest absolute Gasteiger partial charge is 0.335 e. The molecule has 1 spiro atoms. The van der Waals surface area contributed by atoms with E-state index in [1.165, 1.54) is 19.5 Å². The fourth-order valence-corrected chi connectivity index (χ4v) is 6.40. The molecule has 29 heavy (non-hydrogen) atoms. The van der Waals surface area contributed by atoms with E-state index >= 15 is 0 Å². The SMILES string of the molecule is CC(=O)OC1C(c2ccoc2)OC(=O)C2=CCC34COC(=O)C3CCCC4C21C. The number of furan rings is 1. The number of fused-ring (bicyclic) bond motifs is 2. The highest BCUT2D eigenvalue weighted by Gasteiger charge is 2.68. The zero-order valence-electron chi connectivity index (χ0n) is 16.5. The molecular weight excluding hydrogens is 376 g/mol. The van der Waals surface area contributed by atoms with Crippen molar-refractivity contribution in [3.8, 4) is 0 Å². The Morgan fingerprint density at radius 3 is 2.83 bits per heavy atom. The fraction of sp³-hybridized carbons (Fsp3) is 0.591. The lowest BCUT2D eigenvalue weighted by Gasteiger charge is -2.58. The summed E-state index contributed by atoms with van der Waals surface area (Å²) in [5, 5.41) is 0. The van der Waals surface area contributed by atoms with Gasteiger partial charge in [0.15, 0.2) is 12.2 Å². The molecule has 0 amide bonds. The number of rotatable bonds is 2. The summed E-state index contributed by atoms with van der Waals surface area (Å²) in [6, 6.07) is 1.72. The number of cyclic esters (lactones) is 2. The van der Waals surface area contributed by atoms with E-state index in [1.807, 2.05) is 13.0 Å². The maximum Gasteiger partial charge on any atom is 0.335 e. The van der Waals surface area contributed by atoms with Gasteiger partial charge in [-0.1, -0.05) is 19.4 Å². The van der Waals surface area contributed by atoms with Crippen LogP contribution in [0.1, 0.15) is 51.2 Å². The van der Waals surface area contributed by atoms with Crippen LogP contribution in [0.25, 0.3) is 0 Å². The monoisotopic (exact) mass is 400 g/mol. The van der Waals surface area contributed by atoms with E-state index in [2.05, 4.69) is 0 Å². The molecule has 0 aromatic carbocycles. The molecule has 2 aliphatic heterocycles. The van der Waals surface area contributed by atoms with Gasteiger partial charge in [-0.25, -0.2) is 4.79 Å². The standard InChI is InChI=1S/C22H24O7/c1-12(23)28-18-17(13-7-9-26-10-13)29-20(25)14-6-8-22-11-27-19(24)15(22)4-3-5-16(22)21(14,18)2/h6-7,9-10,15-18H,3-5,8,11H2,1-2H3. The van der Waals surface area contributed by atoms with Gasteiger partial charge < -0.3 is 18.6 Å². The summed E-state index contributed by atoms with van der Waals surface area (Å²) in [5.41, 5.74) is 0.0352. The maximum atomic E-state index is 13.0. The Kier molecular flexibility index (Phi) is 3.95. The molecule has 2 aliphatic carbocycles.